The SMILES string of the molecule is CCCCC(=O)Oc1ccc(F)c(F)c1. The lowest BCUT2D eigenvalue weighted by Gasteiger charge is -2.03. The van der Waals surface area contributed by atoms with Crippen LogP contribution >= 0.6 is 0 Å². The minimum absolute atomic E-state index is 0.0370. The van der Waals surface area contributed by atoms with Crippen LogP contribution in [0.3, 0.4) is 0 Å². The number of hydrogen-bond donors (Lipinski definition) is 0. The van der Waals surface area contributed by atoms with E-state index in [1.165, 1.54) is 6.07 Å². The first-order chi connectivity index (χ1) is 7.13. The summed E-state index contributed by atoms with van der Waals surface area (Å²) in [4.78, 5) is 11.1. The van der Waals surface area contributed by atoms with E-state index in [1.54, 1.807) is 0 Å². The number of ether oxygens (including phenoxy) is 1. The van der Waals surface area contributed by atoms with Crippen molar-refractivity contribution in [3.63, 3.8) is 0 Å². The quantitative estimate of drug-likeness (QED) is 0.568. The zero-order valence-electron chi connectivity index (χ0n) is 8.43. The topological polar surface area (TPSA) is 26.3 Å². The molecule has 1 aromatic carbocycles. The van der Waals surface area contributed by atoms with Crippen LogP contribution in [0.1, 0.15) is 26.2 Å². The van der Waals surface area contributed by atoms with Gasteiger partial charge in [-0.1, -0.05) is 13.3 Å². The van der Waals surface area contributed by atoms with Gasteiger partial charge >= 0.3 is 5.97 Å². The lowest BCUT2D eigenvalue weighted by atomic mass is 10.2. The summed E-state index contributed by atoms with van der Waals surface area (Å²) in [5.41, 5.74) is 0. The smallest absolute Gasteiger partial charge is 0.311 e. The fourth-order valence-corrected chi connectivity index (χ4v) is 1.04. The maximum Gasteiger partial charge on any atom is 0.311 e. The van der Waals surface area contributed by atoms with Crippen LogP contribution in [0.15, 0.2) is 18.2 Å². The van der Waals surface area contributed by atoms with E-state index in [0.29, 0.717) is 0 Å². The van der Waals surface area contributed by atoms with Gasteiger partial charge < -0.3 is 4.74 Å². The molecule has 0 saturated carbocycles. The van der Waals surface area contributed by atoms with Crippen LogP contribution in [0, 0.1) is 11.6 Å². The van der Waals surface area contributed by atoms with Crippen molar-refractivity contribution in [1.82, 2.24) is 0 Å². The van der Waals surface area contributed by atoms with Gasteiger partial charge in [0.25, 0.3) is 0 Å². The van der Waals surface area contributed by atoms with E-state index in [2.05, 4.69) is 0 Å². The minimum atomic E-state index is -1.02. The Balaban J connectivity index is 2.57. The van der Waals surface area contributed by atoms with E-state index in [4.69, 9.17) is 4.74 Å². The van der Waals surface area contributed by atoms with Gasteiger partial charge in [0.05, 0.1) is 0 Å². The van der Waals surface area contributed by atoms with E-state index in [9.17, 15) is 13.6 Å². The van der Waals surface area contributed by atoms with Crippen LogP contribution in [-0.4, -0.2) is 5.97 Å². The first-order valence-corrected chi connectivity index (χ1v) is 4.79. The van der Waals surface area contributed by atoms with Gasteiger partial charge in [-0.25, -0.2) is 8.78 Å². The summed E-state index contributed by atoms with van der Waals surface area (Å²) in [5.74, 6) is -2.36. The van der Waals surface area contributed by atoms with E-state index < -0.39 is 17.6 Å². The molecule has 4 heteroatoms. The molecular weight excluding hydrogens is 202 g/mol. The van der Waals surface area contributed by atoms with Gasteiger partial charge in [0.1, 0.15) is 5.75 Å². The third-order valence-electron chi connectivity index (χ3n) is 1.86. The third kappa shape index (κ3) is 3.65. The summed E-state index contributed by atoms with van der Waals surface area (Å²) < 4.78 is 30.0. The maximum absolute atomic E-state index is 12.7. The van der Waals surface area contributed by atoms with E-state index >= 15 is 0 Å². The molecule has 0 aliphatic carbocycles. The van der Waals surface area contributed by atoms with Gasteiger partial charge in [0, 0.05) is 12.5 Å². The van der Waals surface area contributed by atoms with Gasteiger partial charge in [-0.2, -0.15) is 0 Å². The first-order valence-electron chi connectivity index (χ1n) is 4.79. The highest BCUT2D eigenvalue weighted by Crippen LogP contribution is 2.16. The van der Waals surface area contributed by atoms with Crippen LogP contribution in [0.2, 0.25) is 0 Å². The van der Waals surface area contributed by atoms with Crippen molar-refractivity contribution < 1.29 is 18.3 Å². The summed E-state index contributed by atoms with van der Waals surface area (Å²) >= 11 is 0. The van der Waals surface area contributed by atoms with Gasteiger partial charge in [0.15, 0.2) is 11.6 Å². The second-order valence-electron chi connectivity index (χ2n) is 3.15. The molecule has 15 heavy (non-hydrogen) atoms. The third-order valence-corrected chi connectivity index (χ3v) is 1.86. The predicted octanol–water partition coefficient (Wildman–Crippen LogP) is 3.06. The van der Waals surface area contributed by atoms with Crippen molar-refractivity contribution in [2.24, 2.45) is 0 Å². The van der Waals surface area contributed by atoms with Gasteiger partial charge in [-0.05, 0) is 18.6 Å². The van der Waals surface area contributed by atoms with Crippen LogP contribution in [-0.2, 0) is 4.79 Å². The lowest BCUT2D eigenvalue weighted by molar-refractivity contribution is -0.134. The summed E-state index contributed by atoms with van der Waals surface area (Å²) in [6.07, 6.45) is 1.89. The molecule has 0 N–H and O–H groups in total. The molecule has 0 aliphatic rings. The van der Waals surface area contributed by atoms with Gasteiger partial charge in [-0.15, -0.1) is 0 Å². The summed E-state index contributed by atoms with van der Waals surface area (Å²) in [5, 5.41) is 0. The summed E-state index contributed by atoms with van der Waals surface area (Å²) in [6, 6.07) is 3.01. The normalized spacial score (nSPS) is 10.1. The number of carbonyl (C=O) groups excluding carboxylic acids is 1. The molecule has 0 fully saturated rings. The Hall–Kier alpha value is -1.45. The Kier molecular flexibility index (Phi) is 4.21. The maximum atomic E-state index is 12.7. The van der Waals surface area contributed by atoms with Crippen LogP contribution in [0.4, 0.5) is 8.78 Å². The first kappa shape index (κ1) is 11.6. The largest absolute Gasteiger partial charge is 0.426 e. The molecule has 82 valence electrons. The average Bonchev–Trinajstić information content (AvgIpc) is 2.20. The van der Waals surface area contributed by atoms with Crippen molar-refractivity contribution in [2.75, 3.05) is 0 Å². The molecular formula is C11H12F2O2. The monoisotopic (exact) mass is 214 g/mol. The van der Waals surface area contributed by atoms with Gasteiger partial charge in [-0.3, -0.25) is 4.79 Å². The molecule has 0 aliphatic heterocycles. The number of rotatable bonds is 4. The highest BCUT2D eigenvalue weighted by molar-refractivity contribution is 5.72. The number of carbonyl (C=O) groups is 1. The van der Waals surface area contributed by atoms with E-state index in [0.717, 1.165) is 25.0 Å². The average molecular weight is 214 g/mol. The Labute approximate surface area is 86.9 Å². The summed E-state index contributed by atoms with van der Waals surface area (Å²) in [6.45, 7) is 1.95. The van der Waals surface area contributed by atoms with Gasteiger partial charge in [0.2, 0.25) is 0 Å². The second kappa shape index (κ2) is 5.44. The van der Waals surface area contributed by atoms with Crippen molar-refractivity contribution in [1.29, 1.82) is 0 Å². The molecule has 1 aromatic rings. The van der Waals surface area contributed by atoms with Crippen LogP contribution in [0.5, 0.6) is 5.75 Å². The second-order valence-corrected chi connectivity index (χ2v) is 3.15. The number of unbranched alkanes of at least 4 members (excludes halogenated alkanes) is 1. The minimum Gasteiger partial charge on any atom is -0.426 e. The van der Waals surface area contributed by atoms with Crippen molar-refractivity contribution in [3.05, 3.63) is 29.8 Å². The fraction of sp³-hybridized carbons (Fsp3) is 0.364. The molecule has 1 rings (SSSR count). The molecule has 0 amide bonds. The molecule has 0 spiro atoms. The standard InChI is InChI=1S/C11H12F2O2/c1-2-3-4-11(14)15-8-5-6-9(12)10(13)7-8/h5-7H,2-4H2,1H3. The Morgan fingerprint density at radius 1 is 1.33 bits per heavy atom. The molecule has 0 radical (unpaired) electrons. The number of benzene rings is 1. The molecule has 0 unspecified atom stereocenters. The van der Waals surface area contributed by atoms with Crippen molar-refractivity contribution in [3.8, 4) is 5.75 Å². The predicted molar refractivity (Wildman–Crippen MR) is 51.5 cm³/mol. The molecule has 0 bridgehead atoms. The Morgan fingerprint density at radius 2 is 2.07 bits per heavy atom. The number of esters is 1. The Bertz CT molecular complexity index is 350. The highest BCUT2D eigenvalue weighted by atomic mass is 19.2. The van der Waals surface area contributed by atoms with E-state index in [1.807, 2.05) is 6.92 Å². The molecule has 0 atom stereocenters. The molecule has 0 aromatic heterocycles. The zero-order valence-corrected chi connectivity index (χ0v) is 8.43. The Morgan fingerprint density at radius 3 is 2.67 bits per heavy atom. The van der Waals surface area contributed by atoms with Crippen molar-refractivity contribution in [2.45, 2.75) is 26.2 Å². The zero-order chi connectivity index (χ0) is 11.3. The number of hydrogen-bond acceptors (Lipinski definition) is 2. The summed E-state index contributed by atoms with van der Waals surface area (Å²) in [7, 11) is 0. The molecule has 2 nitrogen and oxygen atoms in total. The molecule has 0 heterocycles. The highest BCUT2D eigenvalue weighted by Gasteiger charge is 2.07. The fourth-order valence-electron chi connectivity index (χ4n) is 1.04. The number of halogens is 2. The molecule has 0 saturated heterocycles. The van der Waals surface area contributed by atoms with Crippen molar-refractivity contribution >= 4 is 5.97 Å². The lowest BCUT2D eigenvalue weighted by Crippen LogP contribution is -2.07. The van der Waals surface area contributed by atoms with Crippen LogP contribution in [0.25, 0.3) is 0 Å². The van der Waals surface area contributed by atoms with E-state index in [-0.39, 0.29) is 12.2 Å². The van der Waals surface area contributed by atoms with Crippen LogP contribution < -0.4 is 4.74 Å².